The van der Waals surface area contributed by atoms with E-state index in [0.29, 0.717) is 24.3 Å². The van der Waals surface area contributed by atoms with Crippen LogP contribution in [0.3, 0.4) is 0 Å². The van der Waals surface area contributed by atoms with Gasteiger partial charge in [0.2, 0.25) is 5.82 Å². The van der Waals surface area contributed by atoms with Crippen molar-refractivity contribution in [1.82, 2.24) is 9.88 Å². The Morgan fingerprint density at radius 2 is 1.87 bits per heavy atom. The van der Waals surface area contributed by atoms with Gasteiger partial charge in [-0.2, -0.15) is 0 Å². The molecule has 2 amide bonds. The molecule has 0 saturated heterocycles. The van der Waals surface area contributed by atoms with Gasteiger partial charge >= 0.3 is 11.7 Å². The van der Waals surface area contributed by atoms with Gasteiger partial charge in [0.05, 0.1) is 17.2 Å². The van der Waals surface area contributed by atoms with Crippen molar-refractivity contribution in [3.8, 4) is 11.3 Å². The lowest BCUT2D eigenvalue weighted by molar-refractivity contribution is -0.384. The number of carbonyl (C=O) groups excluding carboxylic acids is 1. The number of pyridine rings is 1. The molecule has 8 nitrogen and oxygen atoms in total. The third kappa shape index (κ3) is 3.83. The zero-order valence-electron chi connectivity index (χ0n) is 15.7. The normalized spacial score (nSPS) is 12.5. The summed E-state index contributed by atoms with van der Waals surface area (Å²) >= 11 is 0. The number of hydrogen-bond donors (Lipinski definition) is 2. The Morgan fingerprint density at radius 3 is 2.57 bits per heavy atom. The number of aliphatic hydroxyl groups is 1. The highest BCUT2D eigenvalue weighted by atomic mass is 19.1. The molecule has 30 heavy (non-hydrogen) atoms. The van der Waals surface area contributed by atoms with Crippen LogP contribution in [0.4, 0.5) is 20.7 Å². The molecular weight excluding hydrogens is 391 g/mol. The molecule has 2 N–H and O–H groups in total. The number of nitrogens with one attached hydrogen (secondary N) is 1. The number of halogens is 1. The SMILES string of the molecule is O=C(Nc1nc(-c2ccc(F)cc2)ccc1[N+](=O)[O-])N1Cc2ccc(CO)cc2C1. The highest BCUT2D eigenvalue weighted by Gasteiger charge is 2.26. The highest BCUT2D eigenvalue weighted by molar-refractivity contribution is 5.91. The summed E-state index contributed by atoms with van der Waals surface area (Å²) < 4.78 is 13.2. The number of nitro groups is 1. The van der Waals surface area contributed by atoms with Crippen molar-refractivity contribution in [2.24, 2.45) is 0 Å². The fourth-order valence-corrected chi connectivity index (χ4v) is 3.34. The second kappa shape index (κ2) is 7.88. The zero-order valence-corrected chi connectivity index (χ0v) is 15.7. The summed E-state index contributed by atoms with van der Waals surface area (Å²) in [5.41, 5.74) is 3.21. The van der Waals surface area contributed by atoms with Gasteiger partial charge in [-0.1, -0.05) is 18.2 Å². The van der Waals surface area contributed by atoms with E-state index in [-0.39, 0.29) is 18.1 Å². The van der Waals surface area contributed by atoms with Gasteiger partial charge < -0.3 is 10.0 Å². The van der Waals surface area contributed by atoms with E-state index in [4.69, 9.17) is 0 Å². The van der Waals surface area contributed by atoms with Crippen LogP contribution >= 0.6 is 0 Å². The first-order chi connectivity index (χ1) is 14.4. The van der Waals surface area contributed by atoms with Gasteiger partial charge in [-0.15, -0.1) is 0 Å². The predicted molar refractivity (Wildman–Crippen MR) is 107 cm³/mol. The lowest BCUT2D eigenvalue weighted by Gasteiger charge is -2.16. The Hall–Kier alpha value is -3.85. The summed E-state index contributed by atoms with van der Waals surface area (Å²) in [6.07, 6.45) is 0. The number of benzene rings is 2. The number of urea groups is 1. The van der Waals surface area contributed by atoms with E-state index in [1.165, 1.54) is 41.3 Å². The maximum absolute atomic E-state index is 13.2. The molecule has 9 heteroatoms. The van der Waals surface area contributed by atoms with Crippen molar-refractivity contribution >= 4 is 17.5 Å². The lowest BCUT2D eigenvalue weighted by atomic mass is 10.1. The number of aromatic nitrogens is 1. The second-order valence-corrected chi connectivity index (χ2v) is 6.88. The van der Waals surface area contributed by atoms with Gasteiger partial charge in [0.25, 0.3) is 0 Å². The van der Waals surface area contributed by atoms with Crippen molar-refractivity contribution in [1.29, 1.82) is 0 Å². The minimum Gasteiger partial charge on any atom is -0.392 e. The Labute approximate surface area is 170 Å². The van der Waals surface area contributed by atoms with Crippen molar-refractivity contribution in [3.05, 3.63) is 87.2 Å². The van der Waals surface area contributed by atoms with E-state index in [2.05, 4.69) is 10.3 Å². The maximum atomic E-state index is 13.2. The third-order valence-corrected chi connectivity index (χ3v) is 4.90. The van der Waals surface area contributed by atoms with Crippen molar-refractivity contribution in [2.45, 2.75) is 19.7 Å². The van der Waals surface area contributed by atoms with Gasteiger partial charge in [0.15, 0.2) is 0 Å². The zero-order chi connectivity index (χ0) is 21.3. The smallest absolute Gasteiger partial charge is 0.323 e. The standard InChI is InChI=1S/C21H17FN4O4/c22-17-5-3-14(4-6-17)18-7-8-19(26(29)30)20(23-18)24-21(28)25-10-15-2-1-13(12-27)9-16(15)11-25/h1-9,27H,10-12H2,(H,23,24,28). The van der Waals surface area contributed by atoms with Crippen LogP contribution < -0.4 is 5.32 Å². The van der Waals surface area contributed by atoms with Crippen LogP contribution in [-0.2, 0) is 19.7 Å². The minimum absolute atomic E-state index is 0.0915. The first kappa shape index (κ1) is 19.5. The quantitative estimate of drug-likeness (QED) is 0.504. The molecule has 3 aromatic rings. The molecule has 0 spiro atoms. The number of aliphatic hydroxyl groups excluding tert-OH is 1. The summed E-state index contributed by atoms with van der Waals surface area (Å²) in [7, 11) is 0. The van der Waals surface area contributed by atoms with Gasteiger partial charge in [-0.05, 0) is 47.0 Å². The number of hydrogen-bond acceptors (Lipinski definition) is 5. The summed E-state index contributed by atoms with van der Waals surface area (Å²) in [5, 5.41) is 23.2. The number of nitrogens with zero attached hydrogens (tertiary/aromatic N) is 3. The van der Waals surface area contributed by atoms with E-state index in [0.717, 1.165) is 16.7 Å². The molecule has 0 aliphatic carbocycles. The first-order valence-corrected chi connectivity index (χ1v) is 9.13. The average Bonchev–Trinajstić information content (AvgIpc) is 3.17. The molecule has 0 radical (unpaired) electrons. The minimum atomic E-state index is -0.622. The molecule has 1 aromatic heterocycles. The van der Waals surface area contributed by atoms with E-state index >= 15 is 0 Å². The molecule has 0 saturated carbocycles. The van der Waals surface area contributed by atoms with Gasteiger partial charge in [0, 0.05) is 24.7 Å². The van der Waals surface area contributed by atoms with Crippen LogP contribution in [-0.4, -0.2) is 25.9 Å². The van der Waals surface area contributed by atoms with Gasteiger partial charge in [-0.3, -0.25) is 15.4 Å². The van der Waals surface area contributed by atoms with Gasteiger partial charge in [0.1, 0.15) is 5.82 Å². The van der Waals surface area contributed by atoms with Crippen LogP contribution in [0.25, 0.3) is 11.3 Å². The second-order valence-electron chi connectivity index (χ2n) is 6.88. The van der Waals surface area contributed by atoms with Crippen molar-refractivity contribution in [3.63, 3.8) is 0 Å². The fraction of sp³-hybridized carbons (Fsp3) is 0.143. The van der Waals surface area contributed by atoms with Gasteiger partial charge in [-0.25, -0.2) is 14.2 Å². The van der Waals surface area contributed by atoms with Crippen LogP contribution in [0, 0.1) is 15.9 Å². The summed E-state index contributed by atoms with van der Waals surface area (Å²) in [4.78, 5) is 29.3. The molecule has 0 unspecified atom stereocenters. The molecule has 2 aromatic carbocycles. The third-order valence-electron chi connectivity index (χ3n) is 4.90. The van der Waals surface area contributed by atoms with Crippen LogP contribution in [0.1, 0.15) is 16.7 Å². The van der Waals surface area contributed by atoms with Crippen molar-refractivity contribution in [2.75, 3.05) is 5.32 Å². The number of rotatable bonds is 4. The van der Waals surface area contributed by atoms with Crippen LogP contribution in [0.5, 0.6) is 0 Å². The van der Waals surface area contributed by atoms with Crippen LogP contribution in [0.15, 0.2) is 54.6 Å². The molecule has 0 atom stereocenters. The molecular formula is C21H17FN4O4. The predicted octanol–water partition coefficient (Wildman–Crippen LogP) is 3.84. The highest BCUT2D eigenvalue weighted by Crippen LogP contribution is 2.29. The first-order valence-electron chi connectivity index (χ1n) is 9.13. The van der Waals surface area contributed by atoms with Crippen LogP contribution in [0.2, 0.25) is 0 Å². The molecule has 0 fully saturated rings. The molecule has 1 aliphatic rings. The molecule has 0 bridgehead atoms. The maximum Gasteiger partial charge on any atom is 0.323 e. The molecule has 152 valence electrons. The summed E-state index contributed by atoms with van der Waals surface area (Å²) in [5.74, 6) is -0.592. The fourth-order valence-electron chi connectivity index (χ4n) is 3.34. The lowest BCUT2D eigenvalue weighted by Crippen LogP contribution is -2.30. The number of anilines is 1. The van der Waals surface area contributed by atoms with Crippen molar-refractivity contribution < 1.29 is 19.2 Å². The van der Waals surface area contributed by atoms with E-state index in [1.807, 2.05) is 12.1 Å². The van der Waals surface area contributed by atoms with E-state index in [1.54, 1.807) is 6.07 Å². The number of fused-ring (bicyclic) bond motifs is 1. The Balaban J connectivity index is 1.58. The summed E-state index contributed by atoms with van der Waals surface area (Å²) in [6.45, 7) is 0.574. The molecule has 4 rings (SSSR count). The Kier molecular flexibility index (Phi) is 5.11. The Morgan fingerprint density at radius 1 is 1.13 bits per heavy atom. The number of amides is 2. The number of carbonyl (C=O) groups is 1. The van der Waals surface area contributed by atoms with E-state index < -0.39 is 16.8 Å². The topological polar surface area (TPSA) is 109 Å². The molecule has 1 aliphatic heterocycles. The summed E-state index contributed by atoms with van der Waals surface area (Å²) in [6, 6.07) is 13.2. The molecule has 2 heterocycles. The van der Waals surface area contributed by atoms with E-state index in [9.17, 15) is 24.4 Å². The average molecular weight is 408 g/mol. The largest absolute Gasteiger partial charge is 0.392 e. The monoisotopic (exact) mass is 408 g/mol. The Bertz CT molecular complexity index is 1130.